The summed E-state index contributed by atoms with van der Waals surface area (Å²) in [4.78, 5) is 11.7. The van der Waals surface area contributed by atoms with Gasteiger partial charge in [-0.1, -0.05) is 6.07 Å². The molecule has 0 radical (unpaired) electrons. The van der Waals surface area contributed by atoms with Crippen molar-refractivity contribution in [1.29, 1.82) is 0 Å². The second-order valence-corrected chi connectivity index (χ2v) is 5.02. The fourth-order valence-corrected chi connectivity index (χ4v) is 2.58. The highest BCUT2D eigenvalue weighted by Gasteiger charge is 2.23. The number of rotatable bonds is 3. The third-order valence-corrected chi connectivity index (χ3v) is 3.59. The Morgan fingerprint density at radius 3 is 3.00 bits per heavy atom. The molecule has 1 aliphatic heterocycles. The van der Waals surface area contributed by atoms with Gasteiger partial charge >= 0.3 is 0 Å². The van der Waals surface area contributed by atoms with Gasteiger partial charge in [0.15, 0.2) is 0 Å². The van der Waals surface area contributed by atoms with Crippen molar-refractivity contribution < 1.29 is 14.3 Å². The molecule has 92 valence electrons. The Bertz CT molecular complexity index is 417. The molecule has 1 fully saturated rings. The molecule has 1 saturated heterocycles. The van der Waals surface area contributed by atoms with E-state index in [0.29, 0.717) is 25.4 Å². The molecular weight excluding hydrogens is 284 g/mol. The fourth-order valence-electron chi connectivity index (χ4n) is 1.99. The van der Waals surface area contributed by atoms with E-state index in [-0.39, 0.29) is 5.92 Å². The van der Waals surface area contributed by atoms with Gasteiger partial charge in [-0.15, -0.1) is 0 Å². The van der Waals surface area contributed by atoms with Crippen LogP contribution >= 0.6 is 15.9 Å². The highest BCUT2D eigenvalue weighted by Crippen LogP contribution is 2.27. The van der Waals surface area contributed by atoms with Crippen LogP contribution in [0.5, 0.6) is 5.75 Å². The molecule has 0 saturated carbocycles. The van der Waals surface area contributed by atoms with E-state index in [1.54, 1.807) is 7.11 Å². The monoisotopic (exact) mass is 298 g/mol. The Balaban J connectivity index is 2.07. The minimum Gasteiger partial charge on any atom is -0.496 e. The summed E-state index contributed by atoms with van der Waals surface area (Å²) in [6.07, 6.45) is 1.28. The van der Waals surface area contributed by atoms with Crippen molar-refractivity contribution in [3.8, 4) is 5.75 Å². The maximum absolute atomic E-state index is 11.7. The van der Waals surface area contributed by atoms with Gasteiger partial charge in [0.1, 0.15) is 11.5 Å². The van der Waals surface area contributed by atoms with Crippen LogP contribution in [0.25, 0.3) is 0 Å². The lowest BCUT2D eigenvalue weighted by Gasteiger charge is -2.21. The fraction of sp³-hybridized carbons (Fsp3) is 0.462. The van der Waals surface area contributed by atoms with Crippen molar-refractivity contribution >= 4 is 21.7 Å². The molecule has 0 spiro atoms. The topological polar surface area (TPSA) is 35.5 Å². The number of hydrogen-bond acceptors (Lipinski definition) is 3. The third kappa shape index (κ3) is 3.07. The first kappa shape index (κ1) is 12.6. The first-order valence-electron chi connectivity index (χ1n) is 5.63. The molecule has 0 bridgehead atoms. The molecule has 17 heavy (non-hydrogen) atoms. The van der Waals surface area contributed by atoms with Gasteiger partial charge in [-0.05, 0) is 40.0 Å². The molecule has 1 heterocycles. The zero-order chi connectivity index (χ0) is 12.3. The van der Waals surface area contributed by atoms with E-state index < -0.39 is 0 Å². The summed E-state index contributed by atoms with van der Waals surface area (Å²) >= 11 is 3.45. The van der Waals surface area contributed by atoms with E-state index in [0.717, 1.165) is 22.2 Å². The molecule has 1 aromatic carbocycles. The Kier molecular flexibility index (Phi) is 4.18. The Morgan fingerprint density at radius 1 is 1.53 bits per heavy atom. The second-order valence-electron chi connectivity index (χ2n) is 4.16. The zero-order valence-electron chi connectivity index (χ0n) is 9.74. The first-order chi connectivity index (χ1) is 8.20. The van der Waals surface area contributed by atoms with E-state index in [2.05, 4.69) is 15.9 Å². The molecule has 2 rings (SSSR count). The van der Waals surface area contributed by atoms with Crippen molar-refractivity contribution in [2.75, 3.05) is 20.3 Å². The smallest absolute Gasteiger partial charge is 0.140 e. The largest absolute Gasteiger partial charge is 0.496 e. The summed E-state index contributed by atoms with van der Waals surface area (Å²) in [7, 11) is 1.64. The van der Waals surface area contributed by atoms with Crippen molar-refractivity contribution in [3.63, 3.8) is 0 Å². The van der Waals surface area contributed by atoms with E-state index >= 15 is 0 Å². The molecule has 1 aliphatic rings. The Hall–Kier alpha value is -0.870. The van der Waals surface area contributed by atoms with E-state index in [1.165, 1.54) is 0 Å². The molecule has 0 aliphatic carbocycles. The van der Waals surface area contributed by atoms with E-state index in [9.17, 15) is 4.79 Å². The molecule has 4 heteroatoms. The lowest BCUT2D eigenvalue weighted by atomic mass is 9.93. The van der Waals surface area contributed by atoms with Gasteiger partial charge in [-0.2, -0.15) is 0 Å². The molecule has 0 aromatic heterocycles. The van der Waals surface area contributed by atoms with Crippen molar-refractivity contribution in [3.05, 3.63) is 28.2 Å². The number of methoxy groups -OCH3 is 1. The quantitative estimate of drug-likeness (QED) is 0.860. The third-order valence-electron chi connectivity index (χ3n) is 2.97. The number of Topliss-reactive ketones (excluding diaryl/α,β-unsaturated/α-hetero) is 1. The van der Waals surface area contributed by atoms with Crippen molar-refractivity contribution in [1.82, 2.24) is 0 Å². The highest BCUT2D eigenvalue weighted by atomic mass is 79.9. The second kappa shape index (κ2) is 5.65. The predicted molar refractivity (Wildman–Crippen MR) is 68.3 cm³/mol. The van der Waals surface area contributed by atoms with Crippen LogP contribution < -0.4 is 4.74 Å². The van der Waals surface area contributed by atoms with Gasteiger partial charge in [0.05, 0.1) is 24.8 Å². The number of hydrogen-bond donors (Lipinski definition) is 0. The van der Waals surface area contributed by atoms with Crippen molar-refractivity contribution in [2.45, 2.75) is 12.8 Å². The van der Waals surface area contributed by atoms with Crippen LogP contribution in [-0.2, 0) is 16.0 Å². The number of halogens is 1. The lowest BCUT2D eigenvalue weighted by Crippen LogP contribution is -2.29. The number of benzene rings is 1. The summed E-state index contributed by atoms with van der Waals surface area (Å²) in [5.74, 6) is 1.12. The van der Waals surface area contributed by atoms with Crippen LogP contribution in [0, 0.1) is 5.92 Å². The summed E-state index contributed by atoms with van der Waals surface area (Å²) < 4.78 is 11.4. The molecule has 1 aromatic rings. The molecular formula is C13H15BrO3. The molecule has 1 unspecified atom stereocenters. The molecule has 0 N–H and O–H groups in total. The van der Waals surface area contributed by atoms with Gasteiger partial charge in [0, 0.05) is 12.3 Å². The van der Waals surface area contributed by atoms with Crippen LogP contribution in [-0.4, -0.2) is 26.1 Å². The summed E-state index contributed by atoms with van der Waals surface area (Å²) in [5, 5.41) is 0. The van der Waals surface area contributed by atoms with E-state index in [4.69, 9.17) is 9.47 Å². The predicted octanol–water partition coefficient (Wildman–Crippen LogP) is 2.61. The van der Waals surface area contributed by atoms with Crippen LogP contribution in [0.4, 0.5) is 0 Å². The van der Waals surface area contributed by atoms with E-state index in [1.807, 2.05) is 18.2 Å². The van der Waals surface area contributed by atoms with Crippen molar-refractivity contribution in [2.24, 2.45) is 5.92 Å². The SMILES string of the molecule is COc1ccc(CC2COCCC2=O)cc1Br. The van der Waals surface area contributed by atoms with Crippen LogP contribution in [0.1, 0.15) is 12.0 Å². The highest BCUT2D eigenvalue weighted by molar-refractivity contribution is 9.10. The Labute approximate surface area is 109 Å². The Morgan fingerprint density at radius 2 is 2.35 bits per heavy atom. The summed E-state index contributed by atoms with van der Waals surface area (Å²) in [6.45, 7) is 1.12. The molecule has 3 nitrogen and oxygen atoms in total. The van der Waals surface area contributed by atoms with Gasteiger partial charge in [-0.25, -0.2) is 0 Å². The van der Waals surface area contributed by atoms with Gasteiger partial charge in [0.25, 0.3) is 0 Å². The summed E-state index contributed by atoms with van der Waals surface area (Å²) in [6, 6.07) is 5.90. The van der Waals surface area contributed by atoms with Gasteiger partial charge in [0.2, 0.25) is 0 Å². The number of carbonyl (C=O) groups is 1. The van der Waals surface area contributed by atoms with Gasteiger partial charge in [-0.3, -0.25) is 4.79 Å². The minimum absolute atomic E-state index is 0.00375. The van der Waals surface area contributed by atoms with Crippen LogP contribution in [0.3, 0.4) is 0 Å². The molecule has 1 atom stereocenters. The number of carbonyl (C=O) groups excluding carboxylic acids is 1. The lowest BCUT2D eigenvalue weighted by molar-refractivity contribution is -0.130. The zero-order valence-corrected chi connectivity index (χ0v) is 11.3. The van der Waals surface area contributed by atoms with Gasteiger partial charge < -0.3 is 9.47 Å². The summed E-state index contributed by atoms with van der Waals surface area (Å²) in [5.41, 5.74) is 1.13. The normalized spacial score (nSPS) is 20.4. The van der Waals surface area contributed by atoms with Crippen LogP contribution in [0.2, 0.25) is 0 Å². The standard InChI is InChI=1S/C13H15BrO3/c1-16-13-3-2-9(7-11(13)14)6-10-8-17-5-4-12(10)15/h2-3,7,10H,4-6,8H2,1H3. The maximum Gasteiger partial charge on any atom is 0.140 e. The minimum atomic E-state index is 0.00375. The average Bonchev–Trinajstić information content (AvgIpc) is 2.32. The first-order valence-corrected chi connectivity index (χ1v) is 6.43. The average molecular weight is 299 g/mol. The number of ketones is 1. The van der Waals surface area contributed by atoms with Crippen LogP contribution in [0.15, 0.2) is 22.7 Å². The maximum atomic E-state index is 11.7. The number of ether oxygens (including phenoxy) is 2. The molecule has 0 amide bonds.